The Labute approximate surface area is 123 Å². The van der Waals surface area contributed by atoms with Crippen molar-refractivity contribution in [2.45, 2.75) is 20.0 Å². The first kappa shape index (κ1) is 15.0. The first-order valence-electron chi connectivity index (χ1n) is 5.18. The first-order chi connectivity index (χ1) is 8.40. The SMILES string of the molecule is CC(C)Oc1c(Br)cc(Br)cc1C=NN=C(N)N. The second-order valence-electron chi connectivity index (χ2n) is 3.74. The molecule has 0 aliphatic heterocycles. The van der Waals surface area contributed by atoms with E-state index in [1.165, 1.54) is 6.21 Å². The van der Waals surface area contributed by atoms with Crippen LogP contribution in [0.15, 0.2) is 31.3 Å². The van der Waals surface area contributed by atoms with Crippen LogP contribution in [0.2, 0.25) is 0 Å². The number of nitrogens with zero attached hydrogens (tertiary/aromatic N) is 2. The molecule has 0 saturated carbocycles. The number of nitrogens with two attached hydrogens (primary N) is 2. The highest BCUT2D eigenvalue weighted by Crippen LogP contribution is 2.32. The maximum absolute atomic E-state index is 5.72. The number of guanidine groups is 1. The number of benzene rings is 1. The van der Waals surface area contributed by atoms with Gasteiger partial charge in [0.1, 0.15) is 5.75 Å². The summed E-state index contributed by atoms with van der Waals surface area (Å²) >= 11 is 6.85. The van der Waals surface area contributed by atoms with Gasteiger partial charge in [0, 0.05) is 10.0 Å². The Bertz CT molecular complexity index is 482. The van der Waals surface area contributed by atoms with E-state index in [1.54, 1.807) is 0 Å². The minimum Gasteiger partial charge on any atom is -0.489 e. The molecule has 0 atom stereocenters. The molecule has 4 N–H and O–H groups in total. The van der Waals surface area contributed by atoms with Gasteiger partial charge in [-0.2, -0.15) is 5.10 Å². The average molecular weight is 378 g/mol. The number of rotatable bonds is 4. The number of ether oxygens (including phenoxy) is 1. The van der Waals surface area contributed by atoms with Gasteiger partial charge in [-0.1, -0.05) is 15.9 Å². The molecular weight excluding hydrogens is 364 g/mol. The van der Waals surface area contributed by atoms with Gasteiger partial charge in [-0.15, -0.1) is 5.10 Å². The van der Waals surface area contributed by atoms with Gasteiger partial charge in [-0.05, 0) is 41.9 Å². The third-order valence-electron chi connectivity index (χ3n) is 1.76. The van der Waals surface area contributed by atoms with Crippen LogP contribution in [0.3, 0.4) is 0 Å². The van der Waals surface area contributed by atoms with Gasteiger partial charge >= 0.3 is 0 Å². The molecule has 5 nitrogen and oxygen atoms in total. The van der Waals surface area contributed by atoms with Crippen LogP contribution in [-0.4, -0.2) is 18.3 Å². The van der Waals surface area contributed by atoms with Crippen LogP contribution in [-0.2, 0) is 0 Å². The van der Waals surface area contributed by atoms with Gasteiger partial charge in [0.2, 0.25) is 5.96 Å². The number of hydrogen-bond donors (Lipinski definition) is 2. The minimum atomic E-state index is -0.0911. The highest BCUT2D eigenvalue weighted by Gasteiger charge is 2.10. The second-order valence-corrected chi connectivity index (χ2v) is 5.51. The Hall–Kier alpha value is -1.08. The summed E-state index contributed by atoms with van der Waals surface area (Å²) in [6.45, 7) is 3.90. The predicted octanol–water partition coefficient (Wildman–Crippen LogP) is 2.61. The molecule has 0 spiro atoms. The van der Waals surface area contributed by atoms with Crippen molar-refractivity contribution in [3.63, 3.8) is 0 Å². The molecule has 98 valence electrons. The largest absolute Gasteiger partial charge is 0.489 e. The van der Waals surface area contributed by atoms with Crippen molar-refractivity contribution in [3.8, 4) is 5.75 Å². The molecule has 0 aliphatic carbocycles. The maximum atomic E-state index is 5.72. The summed E-state index contributed by atoms with van der Waals surface area (Å²) < 4.78 is 7.45. The zero-order chi connectivity index (χ0) is 13.7. The highest BCUT2D eigenvalue weighted by molar-refractivity contribution is 9.11. The molecule has 0 unspecified atom stereocenters. The normalized spacial score (nSPS) is 10.9. The lowest BCUT2D eigenvalue weighted by Crippen LogP contribution is -2.21. The van der Waals surface area contributed by atoms with Crippen molar-refractivity contribution in [1.29, 1.82) is 0 Å². The van der Waals surface area contributed by atoms with Crippen molar-refractivity contribution in [2.24, 2.45) is 21.7 Å². The summed E-state index contributed by atoms with van der Waals surface area (Å²) in [6.07, 6.45) is 1.59. The van der Waals surface area contributed by atoms with Gasteiger partial charge < -0.3 is 16.2 Å². The molecule has 1 rings (SSSR count). The molecular formula is C11H14Br2N4O. The van der Waals surface area contributed by atoms with E-state index in [4.69, 9.17) is 16.2 Å². The van der Waals surface area contributed by atoms with Gasteiger partial charge in [-0.25, -0.2) is 0 Å². The van der Waals surface area contributed by atoms with Gasteiger partial charge in [-0.3, -0.25) is 0 Å². The Balaban J connectivity index is 3.15. The minimum absolute atomic E-state index is 0.0534. The molecule has 0 amide bonds. The third kappa shape index (κ3) is 4.66. The van der Waals surface area contributed by atoms with Crippen LogP contribution < -0.4 is 16.2 Å². The van der Waals surface area contributed by atoms with E-state index in [0.717, 1.165) is 14.5 Å². The molecule has 0 bridgehead atoms. The fourth-order valence-electron chi connectivity index (χ4n) is 1.19. The zero-order valence-corrected chi connectivity index (χ0v) is 13.2. The van der Waals surface area contributed by atoms with E-state index in [-0.39, 0.29) is 12.1 Å². The van der Waals surface area contributed by atoms with E-state index in [0.29, 0.717) is 5.75 Å². The van der Waals surface area contributed by atoms with Crippen molar-refractivity contribution in [2.75, 3.05) is 0 Å². The summed E-state index contributed by atoms with van der Waals surface area (Å²) in [4.78, 5) is 0. The molecule has 7 heteroatoms. The molecule has 0 heterocycles. The fourth-order valence-corrected chi connectivity index (χ4v) is 2.55. The second kappa shape index (κ2) is 6.75. The van der Waals surface area contributed by atoms with Gasteiger partial charge in [0.05, 0.1) is 16.8 Å². The van der Waals surface area contributed by atoms with Crippen molar-refractivity contribution in [1.82, 2.24) is 0 Å². The fraction of sp³-hybridized carbons (Fsp3) is 0.273. The van der Waals surface area contributed by atoms with E-state index < -0.39 is 0 Å². The van der Waals surface area contributed by atoms with Crippen molar-refractivity contribution in [3.05, 3.63) is 26.6 Å². The van der Waals surface area contributed by atoms with Gasteiger partial charge in [0.15, 0.2) is 0 Å². The van der Waals surface area contributed by atoms with Crippen LogP contribution in [0, 0.1) is 0 Å². The predicted molar refractivity (Wildman–Crippen MR) is 81.0 cm³/mol. The van der Waals surface area contributed by atoms with Crippen molar-refractivity contribution < 1.29 is 4.74 Å². The molecule has 0 fully saturated rings. The molecule has 0 aromatic heterocycles. The van der Waals surface area contributed by atoms with E-state index in [2.05, 4.69) is 42.1 Å². The lowest BCUT2D eigenvalue weighted by Gasteiger charge is -2.14. The molecule has 0 radical (unpaired) electrons. The zero-order valence-electron chi connectivity index (χ0n) is 10.0. The van der Waals surface area contributed by atoms with E-state index in [1.807, 2.05) is 26.0 Å². The van der Waals surface area contributed by atoms with Gasteiger partial charge in [0.25, 0.3) is 0 Å². The maximum Gasteiger partial charge on any atom is 0.211 e. The van der Waals surface area contributed by atoms with E-state index in [9.17, 15) is 0 Å². The van der Waals surface area contributed by atoms with Crippen LogP contribution in [0.5, 0.6) is 5.75 Å². The summed E-state index contributed by atoms with van der Waals surface area (Å²) in [6, 6.07) is 3.77. The summed E-state index contributed by atoms with van der Waals surface area (Å²) in [5, 5.41) is 7.34. The Kier molecular flexibility index (Phi) is 5.61. The first-order valence-corrected chi connectivity index (χ1v) is 6.76. The summed E-state index contributed by atoms with van der Waals surface area (Å²) in [5.74, 6) is 0.606. The van der Waals surface area contributed by atoms with Crippen molar-refractivity contribution >= 4 is 44.0 Å². The molecule has 0 saturated heterocycles. The molecule has 18 heavy (non-hydrogen) atoms. The van der Waals surface area contributed by atoms with Crippen LogP contribution in [0.25, 0.3) is 0 Å². The standard InChI is InChI=1S/C11H14Br2N4O/c1-6(2)18-10-7(5-16-17-11(14)15)3-8(12)4-9(10)13/h3-6H,1-2H3,(H4,14,15,17). The average Bonchev–Trinajstić information content (AvgIpc) is 2.22. The lowest BCUT2D eigenvalue weighted by molar-refractivity contribution is 0.240. The summed E-state index contributed by atoms with van der Waals surface area (Å²) in [5.41, 5.74) is 11.2. The topological polar surface area (TPSA) is 86.0 Å². The monoisotopic (exact) mass is 376 g/mol. The van der Waals surface area contributed by atoms with E-state index >= 15 is 0 Å². The molecule has 1 aromatic rings. The smallest absolute Gasteiger partial charge is 0.211 e. The molecule has 1 aromatic carbocycles. The van der Waals surface area contributed by atoms with Crippen LogP contribution in [0.1, 0.15) is 19.4 Å². The lowest BCUT2D eigenvalue weighted by atomic mass is 10.2. The Morgan fingerprint density at radius 2 is 2.00 bits per heavy atom. The third-order valence-corrected chi connectivity index (χ3v) is 2.81. The number of halogens is 2. The summed E-state index contributed by atoms with van der Waals surface area (Å²) in [7, 11) is 0. The Morgan fingerprint density at radius 1 is 1.33 bits per heavy atom. The van der Waals surface area contributed by atoms with Crippen LogP contribution >= 0.6 is 31.9 Å². The quantitative estimate of drug-likeness (QED) is 0.480. The highest BCUT2D eigenvalue weighted by atomic mass is 79.9. The molecule has 0 aliphatic rings. The number of hydrogen-bond acceptors (Lipinski definition) is 3. The Morgan fingerprint density at radius 3 is 2.56 bits per heavy atom. The van der Waals surface area contributed by atoms with Crippen LogP contribution in [0.4, 0.5) is 0 Å².